The van der Waals surface area contributed by atoms with E-state index in [9.17, 15) is 13.2 Å². The van der Waals surface area contributed by atoms with Crippen molar-refractivity contribution in [3.63, 3.8) is 0 Å². The van der Waals surface area contributed by atoms with E-state index >= 15 is 0 Å². The molecule has 1 aliphatic heterocycles. The fraction of sp³-hybridized carbons (Fsp3) is 0.238. The molecular formula is C21H21N3O4S. The number of aromatic nitrogens is 2. The minimum absolute atomic E-state index is 0.0773. The fourth-order valence-electron chi connectivity index (χ4n) is 3.37. The van der Waals surface area contributed by atoms with Gasteiger partial charge >= 0.3 is 6.01 Å². The first-order valence-corrected chi connectivity index (χ1v) is 10.8. The first-order valence-electron chi connectivity index (χ1n) is 9.37. The predicted molar refractivity (Wildman–Crippen MR) is 110 cm³/mol. The largest absolute Gasteiger partial charge is 0.465 e. The van der Waals surface area contributed by atoms with Crippen molar-refractivity contribution in [3.05, 3.63) is 76.1 Å². The van der Waals surface area contributed by atoms with Crippen molar-refractivity contribution >= 4 is 15.8 Å². The van der Waals surface area contributed by atoms with Gasteiger partial charge in [-0.2, -0.15) is 4.98 Å². The van der Waals surface area contributed by atoms with Crippen LogP contribution in [-0.4, -0.2) is 31.1 Å². The molecular weight excluding hydrogens is 390 g/mol. The molecule has 0 unspecified atom stereocenters. The fourth-order valence-corrected chi connectivity index (χ4v) is 4.82. The SMILES string of the molecule is CCOc1nc2c(c(=O)n1-c1ccccc1)CCN2S(=O)(=O)c1ccc(C)cc1. The molecule has 8 heteroatoms. The quantitative estimate of drug-likeness (QED) is 0.645. The summed E-state index contributed by atoms with van der Waals surface area (Å²) in [6.07, 6.45) is 0.297. The maximum Gasteiger partial charge on any atom is 0.305 e. The molecule has 150 valence electrons. The standard InChI is InChI=1S/C21H21N3O4S/c1-3-28-21-22-19-18(20(25)24(21)16-7-5-4-6-8-16)13-14-23(19)29(26,27)17-11-9-15(2)10-12-17/h4-12H,3,13-14H2,1-2H3. The van der Waals surface area contributed by atoms with Crippen LogP contribution in [-0.2, 0) is 16.4 Å². The summed E-state index contributed by atoms with van der Waals surface area (Å²) in [5.41, 5.74) is 1.64. The van der Waals surface area contributed by atoms with Gasteiger partial charge in [0.15, 0.2) is 5.82 Å². The lowest BCUT2D eigenvalue weighted by atomic mass is 10.2. The van der Waals surface area contributed by atoms with Crippen molar-refractivity contribution in [2.75, 3.05) is 17.5 Å². The molecule has 0 aliphatic carbocycles. The highest BCUT2D eigenvalue weighted by atomic mass is 32.2. The number of hydrogen-bond acceptors (Lipinski definition) is 5. The van der Waals surface area contributed by atoms with Gasteiger partial charge in [-0.1, -0.05) is 35.9 Å². The Hall–Kier alpha value is -3.13. The first kappa shape index (κ1) is 19.2. The van der Waals surface area contributed by atoms with Crippen LogP contribution >= 0.6 is 0 Å². The monoisotopic (exact) mass is 411 g/mol. The highest BCUT2D eigenvalue weighted by molar-refractivity contribution is 7.92. The Labute approximate surface area is 169 Å². The van der Waals surface area contributed by atoms with Crippen LogP contribution in [0.25, 0.3) is 5.69 Å². The van der Waals surface area contributed by atoms with Gasteiger partial charge in [0.2, 0.25) is 0 Å². The molecule has 0 atom stereocenters. The topological polar surface area (TPSA) is 81.5 Å². The highest BCUT2D eigenvalue weighted by Crippen LogP contribution is 2.31. The molecule has 29 heavy (non-hydrogen) atoms. The maximum atomic E-state index is 13.2. The summed E-state index contributed by atoms with van der Waals surface area (Å²) in [7, 11) is -3.83. The lowest BCUT2D eigenvalue weighted by Gasteiger charge is -2.20. The summed E-state index contributed by atoms with van der Waals surface area (Å²) in [5.74, 6) is 0.145. The second kappa shape index (κ2) is 7.36. The van der Waals surface area contributed by atoms with Crippen LogP contribution in [0.1, 0.15) is 18.1 Å². The highest BCUT2D eigenvalue weighted by Gasteiger charge is 2.35. The molecule has 7 nitrogen and oxygen atoms in total. The molecule has 0 fully saturated rings. The van der Waals surface area contributed by atoms with Gasteiger partial charge < -0.3 is 4.74 Å². The molecule has 2 aromatic carbocycles. The normalized spacial score (nSPS) is 13.4. The molecule has 0 spiro atoms. The molecule has 1 aliphatic rings. The number of ether oxygens (including phenoxy) is 1. The predicted octanol–water partition coefficient (Wildman–Crippen LogP) is 2.69. The van der Waals surface area contributed by atoms with Crippen LogP contribution in [0.2, 0.25) is 0 Å². The second-order valence-corrected chi connectivity index (χ2v) is 8.61. The van der Waals surface area contributed by atoms with E-state index in [0.29, 0.717) is 24.3 Å². The Morgan fingerprint density at radius 2 is 1.76 bits per heavy atom. The van der Waals surface area contributed by atoms with E-state index in [-0.39, 0.29) is 28.8 Å². The van der Waals surface area contributed by atoms with Crippen LogP contribution in [0.3, 0.4) is 0 Å². The van der Waals surface area contributed by atoms with Crippen LogP contribution in [0.15, 0.2) is 64.3 Å². The van der Waals surface area contributed by atoms with Crippen molar-refractivity contribution in [1.29, 1.82) is 0 Å². The van der Waals surface area contributed by atoms with Gasteiger partial charge in [-0.25, -0.2) is 17.3 Å². The number of fused-ring (bicyclic) bond motifs is 1. The lowest BCUT2D eigenvalue weighted by Crippen LogP contribution is -2.31. The van der Waals surface area contributed by atoms with Crippen molar-refractivity contribution in [2.45, 2.75) is 25.2 Å². The van der Waals surface area contributed by atoms with Crippen LogP contribution in [0.4, 0.5) is 5.82 Å². The van der Waals surface area contributed by atoms with Crippen molar-refractivity contribution in [1.82, 2.24) is 9.55 Å². The molecule has 1 aromatic heterocycles. The summed E-state index contributed by atoms with van der Waals surface area (Å²) in [4.78, 5) is 17.9. The van der Waals surface area contributed by atoms with Gasteiger partial charge in [-0.05, 0) is 38.1 Å². The molecule has 0 amide bonds. The first-order chi connectivity index (χ1) is 13.9. The summed E-state index contributed by atoms with van der Waals surface area (Å²) in [6, 6.07) is 15.8. The van der Waals surface area contributed by atoms with Crippen molar-refractivity contribution in [3.8, 4) is 11.7 Å². The van der Waals surface area contributed by atoms with Crippen molar-refractivity contribution < 1.29 is 13.2 Å². The van der Waals surface area contributed by atoms with E-state index in [0.717, 1.165) is 5.56 Å². The zero-order valence-corrected chi connectivity index (χ0v) is 17.0. The van der Waals surface area contributed by atoms with Crippen molar-refractivity contribution in [2.24, 2.45) is 0 Å². The smallest absolute Gasteiger partial charge is 0.305 e. The molecule has 4 rings (SSSR count). The Balaban J connectivity index is 1.87. The number of sulfonamides is 1. The number of aryl methyl sites for hydroxylation is 1. The number of nitrogens with zero attached hydrogens (tertiary/aromatic N) is 3. The Morgan fingerprint density at radius 1 is 1.07 bits per heavy atom. The third-order valence-corrected chi connectivity index (χ3v) is 6.63. The van der Waals surface area contributed by atoms with Gasteiger partial charge in [0.1, 0.15) is 0 Å². The number of para-hydroxylation sites is 1. The van der Waals surface area contributed by atoms with Crippen LogP contribution in [0.5, 0.6) is 6.01 Å². The zero-order valence-electron chi connectivity index (χ0n) is 16.2. The molecule has 0 N–H and O–H groups in total. The van der Waals surface area contributed by atoms with E-state index < -0.39 is 10.0 Å². The molecule has 0 saturated carbocycles. The summed E-state index contributed by atoms with van der Waals surface area (Å²) in [6.45, 7) is 4.14. The van der Waals surface area contributed by atoms with Crippen LogP contribution < -0.4 is 14.6 Å². The molecule has 3 aromatic rings. The number of hydrogen-bond donors (Lipinski definition) is 0. The maximum absolute atomic E-state index is 13.2. The van der Waals surface area contributed by atoms with Gasteiger partial charge in [-0.15, -0.1) is 0 Å². The number of rotatable bonds is 5. The van der Waals surface area contributed by atoms with E-state index in [2.05, 4.69) is 4.98 Å². The van der Waals surface area contributed by atoms with Gasteiger partial charge in [0.25, 0.3) is 15.6 Å². The van der Waals surface area contributed by atoms with Crippen LogP contribution in [0, 0.1) is 6.92 Å². The summed E-state index contributed by atoms with van der Waals surface area (Å²) in [5, 5.41) is 0. The summed E-state index contributed by atoms with van der Waals surface area (Å²) >= 11 is 0. The molecule has 0 bridgehead atoms. The third-order valence-electron chi connectivity index (χ3n) is 4.82. The molecule has 0 saturated heterocycles. The molecule has 0 radical (unpaired) electrons. The average molecular weight is 411 g/mol. The van der Waals surface area contributed by atoms with E-state index in [4.69, 9.17) is 4.74 Å². The van der Waals surface area contributed by atoms with Gasteiger partial charge in [0.05, 0.1) is 22.8 Å². The van der Waals surface area contributed by atoms with Gasteiger partial charge in [-0.3, -0.25) is 4.79 Å². The number of benzene rings is 2. The van der Waals surface area contributed by atoms with Gasteiger partial charge in [0, 0.05) is 13.0 Å². The second-order valence-electron chi connectivity index (χ2n) is 6.75. The Kier molecular flexibility index (Phi) is 4.87. The number of anilines is 1. The lowest BCUT2D eigenvalue weighted by molar-refractivity contribution is 0.302. The zero-order chi connectivity index (χ0) is 20.6. The minimum atomic E-state index is -3.83. The third kappa shape index (κ3) is 3.29. The Bertz CT molecular complexity index is 1200. The van der Waals surface area contributed by atoms with E-state index in [1.165, 1.54) is 8.87 Å². The minimum Gasteiger partial charge on any atom is -0.465 e. The van der Waals surface area contributed by atoms with E-state index in [1.54, 1.807) is 43.3 Å². The molecule has 2 heterocycles. The van der Waals surface area contributed by atoms with E-state index in [1.807, 2.05) is 25.1 Å². The average Bonchev–Trinajstić information content (AvgIpc) is 3.14. The Morgan fingerprint density at radius 3 is 2.41 bits per heavy atom. The summed E-state index contributed by atoms with van der Waals surface area (Å²) < 4.78 is 34.6.